The first-order valence-electron chi connectivity index (χ1n) is 11.7. The van der Waals surface area contributed by atoms with Crippen molar-refractivity contribution in [2.45, 2.75) is 76.5 Å². The number of aromatic nitrogens is 2. The Morgan fingerprint density at radius 2 is 2.03 bits per heavy atom. The summed E-state index contributed by atoms with van der Waals surface area (Å²) in [7, 11) is 0. The van der Waals surface area contributed by atoms with E-state index in [4.69, 9.17) is 0 Å². The summed E-state index contributed by atoms with van der Waals surface area (Å²) in [6, 6.07) is -3.02. The van der Waals surface area contributed by atoms with Crippen molar-refractivity contribution in [1.82, 2.24) is 30.8 Å². The van der Waals surface area contributed by atoms with Gasteiger partial charge in [-0.25, -0.2) is 9.78 Å². The fourth-order valence-corrected chi connectivity index (χ4v) is 4.41. The van der Waals surface area contributed by atoms with E-state index in [0.717, 1.165) is 13.0 Å². The van der Waals surface area contributed by atoms with E-state index in [1.165, 1.54) is 11.2 Å². The number of hydrogen-bond acceptors (Lipinski definition) is 6. The molecule has 5 N–H and O–H groups in total. The van der Waals surface area contributed by atoms with E-state index in [9.17, 15) is 24.3 Å². The molecule has 2 aliphatic rings. The maximum absolute atomic E-state index is 13.3. The average molecular weight is 463 g/mol. The van der Waals surface area contributed by atoms with Crippen LogP contribution in [0.15, 0.2) is 12.5 Å². The SMILES string of the molecule is CCC(C)C(NC(=O)C(Cc1cnc[nH]1)NC(=O)C1CCCN1)C(=O)N1CCCC1C(=O)O. The first-order valence-corrected chi connectivity index (χ1v) is 11.7. The van der Waals surface area contributed by atoms with Crippen LogP contribution in [0.4, 0.5) is 0 Å². The Hall–Kier alpha value is -2.95. The van der Waals surface area contributed by atoms with Gasteiger partial charge in [0.1, 0.15) is 18.1 Å². The molecule has 33 heavy (non-hydrogen) atoms. The van der Waals surface area contributed by atoms with Crippen LogP contribution in [0.2, 0.25) is 0 Å². The third-order valence-corrected chi connectivity index (χ3v) is 6.59. The molecule has 0 saturated carbocycles. The van der Waals surface area contributed by atoms with Crippen LogP contribution in [0.3, 0.4) is 0 Å². The van der Waals surface area contributed by atoms with Crippen molar-refractivity contribution in [2.24, 2.45) is 5.92 Å². The van der Waals surface area contributed by atoms with Crippen LogP contribution in [0, 0.1) is 5.92 Å². The molecule has 0 bridgehead atoms. The number of rotatable bonds is 10. The number of nitrogens with zero attached hydrogens (tertiary/aromatic N) is 2. The van der Waals surface area contributed by atoms with Gasteiger partial charge in [-0.1, -0.05) is 20.3 Å². The molecule has 1 aromatic rings. The van der Waals surface area contributed by atoms with Gasteiger partial charge in [-0.05, 0) is 38.1 Å². The van der Waals surface area contributed by atoms with E-state index in [1.807, 2.05) is 13.8 Å². The van der Waals surface area contributed by atoms with Crippen molar-refractivity contribution in [3.05, 3.63) is 18.2 Å². The summed E-state index contributed by atoms with van der Waals surface area (Å²) in [6.07, 6.45) is 6.48. The van der Waals surface area contributed by atoms with Crippen molar-refractivity contribution in [3.8, 4) is 0 Å². The Kier molecular flexibility index (Phi) is 8.43. The lowest BCUT2D eigenvalue weighted by Gasteiger charge is -2.31. The van der Waals surface area contributed by atoms with Gasteiger partial charge in [0.25, 0.3) is 0 Å². The number of amides is 3. The first kappa shape index (κ1) is 24.7. The van der Waals surface area contributed by atoms with Gasteiger partial charge >= 0.3 is 5.97 Å². The van der Waals surface area contributed by atoms with Gasteiger partial charge in [0.2, 0.25) is 17.7 Å². The van der Waals surface area contributed by atoms with Crippen LogP contribution in [0.5, 0.6) is 0 Å². The van der Waals surface area contributed by atoms with Crippen LogP contribution in [0.1, 0.15) is 51.6 Å². The molecule has 2 aliphatic heterocycles. The van der Waals surface area contributed by atoms with E-state index < -0.39 is 35.9 Å². The van der Waals surface area contributed by atoms with E-state index in [2.05, 4.69) is 25.9 Å². The molecule has 2 saturated heterocycles. The van der Waals surface area contributed by atoms with Gasteiger partial charge in [-0.3, -0.25) is 14.4 Å². The summed E-state index contributed by atoms with van der Waals surface area (Å²) in [5, 5.41) is 18.2. The van der Waals surface area contributed by atoms with E-state index >= 15 is 0 Å². The number of carbonyl (C=O) groups is 4. The van der Waals surface area contributed by atoms with Crippen LogP contribution >= 0.6 is 0 Å². The lowest BCUT2D eigenvalue weighted by molar-refractivity contribution is -0.150. The Morgan fingerprint density at radius 3 is 2.64 bits per heavy atom. The van der Waals surface area contributed by atoms with Crippen LogP contribution < -0.4 is 16.0 Å². The van der Waals surface area contributed by atoms with Gasteiger partial charge < -0.3 is 30.9 Å². The highest BCUT2D eigenvalue weighted by atomic mass is 16.4. The third kappa shape index (κ3) is 6.10. The molecule has 0 spiro atoms. The average Bonchev–Trinajstić information content (AvgIpc) is 3.57. The zero-order valence-electron chi connectivity index (χ0n) is 19.2. The van der Waals surface area contributed by atoms with Crippen LogP contribution in [0.25, 0.3) is 0 Å². The lowest BCUT2D eigenvalue weighted by atomic mass is 9.96. The normalized spacial score (nSPS) is 23.0. The maximum atomic E-state index is 13.3. The van der Waals surface area contributed by atoms with Crippen molar-refractivity contribution < 1.29 is 24.3 Å². The number of aliphatic carboxylic acids is 1. The van der Waals surface area contributed by atoms with Crippen molar-refractivity contribution in [3.63, 3.8) is 0 Å². The molecule has 11 nitrogen and oxygen atoms in total. The van der Waals surface area contributed by atoms with Crippen molar-refractivity contribution in [1.29, 1.82) is 0 Å². The first-order chi connectivity index (χ1) is 15.8. The van der Waals surface area contributed by atoms with Crippen LogP contribution in [-0.2, 0) is 25.6 Å². The van der Waals surface area contributed by atoms with Gasteiger partial charge in [0.15, 0.2) is 0 Å². The molecule has 3 amide bonds. The summed E-state index contributed by atoms with van der Waals surface area (Å²) >= 11 is 0. The Balaban J connectivity index is 1.76. The number of hydrogen-bond donors (Lipinski definition) is 5. The third-order valence-electron chi connectivity index (χ3n) is 6.59. The molecule has 5 unspecified atom stereocenters. The second-order valence-electron chi connectivity index (χ2n) is 8.89. The summed E-state index contributed by atoms with van der Waals surface area (Å²) in [5.74, 6) is -2.39. The second-order valence-corrected chi connectivity index (χ2v) is 8.89. The van der Waals surface area contributed by atoms with Crippen molar-refractivity contribution >= 4 is 23.7 Å². The molecule has 1 aromatic heterocycles. The Labute approximate surface area is 193 Å². The predicted octanol–water partition coefficient (Wildman–Crippen LogP) is -0.204. The number of carbonyl (C=O) groups excluding carboxylic acids is 3. The fourth-order valence-electron chi connectivity index (χ4n) is 4.41. The summed E-state index contributed by atoms with van der Waals surface area (Å²) < 4.78 is 0. The molecule has 2 fully saturated rings. The zero-order chi connectivity index (χ0) is 24.0. The summed E-state index contributed by atoms with van der Waals surface area (Å²) in [5.41, 5.74) is 0.673. The summed E-state index contributed by atoms with van der Waals surface area (Å²) in [6.45, 7) is 4.85. The minimum absolute atomic E-state index is 0.188. The van der Waals surface area contributed by atoms with E-state index in [1.54, 1.807) is 6.20 Å². The van der Waals surface area contributed by atoms with Crippen molar-refractivity contribution in [2.75, 3.05) is 13.1 Å². The number of imidazole rings is 1. The molecule has 182 valence electrons. The number of aromatic amines is 1. The van der Waals surface area contributed by atoms with Gasteiger partial charge in [0, 0.05) is 24.9 Å². The summed E-state index contributed by atoms with van der Waals surface area (Å²) in [4.78, 5) is 59.2. The van der Waals surface area contributed by atoms with E-state index in [-0.39, 0.29) is 24.3 Å². The largest absolute Gasteiger partial charge is 0.480 e. The molecule has 3 heterocycles. The fraction of sp³-hybridized carbons (Fsp3) is 0.682. The molecule has 0 radical (unpaired) electrons. The molecular formula is C22H34N6O5. The Bertz CT molecular complexity index is 838. The van der Waals surface area contributed by atoms with Gasteiger partial charge in [-0.15, -0.1) is 0 Å². The molecule has 5 atom stereocenters. The number of nitrogens with one attached hydrogen (secondary N) is 4. The highest BCUT2D eigenvalue weighted by molar-refractivity contribution is 5.94. The number of carboxylic acids is 1. The minimum atomic E-state index is -1.04. The molecule has 0 aliphatic carbocycles. The molecule has 3 rings (SSSR count). The quantitative estimate of drug-likeness (QED) is 0.322. The molecular weight excluding hydrogens is 428 g/mol. The van der Waals surface area contributed by atoms with E-state index in [0.29, 0.717) is 37.9 Å². The highest BCUT2D eigenvalue weighted by Crippen LogP contribution is 2.21. The molecule has 0 aromatic carbocycles. The van der Waals surface area contributed by atoms with Gasteiger partial charge in [0.05, 0.1) is 12.4 Å². The number of carboxylic acid groups (broad SMARTS) is 1. The van der Waals surface area contributed by atoms with Crippen LogP contribution in [-0.4, -0.2) is 80.9 Å². The minimum Gasteiger partial charge on any atom is -0.480 e. The number of H-pyrrole nitrogens is 1. The number of likely N-dealkylation sites (tertiary alicyclic amines) is 1. The van der Waals surface area contributed by atoms with Gasteiger partial charge in [-0.2, -0.15) is 0 Å². The second kappa shape index (κ2) is 11.3. The maximum Gasteiger partial charge on any atom is 0.326 e. The highest BCUT2D eigenvalue weighted by Gasteiger charge is 2.40. The smallest absolute Gasteiger partial charge is 0.326 e. The monoisotopic (exact) mass is 462 g/mol. The molecule has 11 heteroatoms. The Morgan fingerprint density at radius 1 is 1.24 bits per heavy atom. The zero-order valence-corrected chi connectivity index (χ0v) is 19.2. The predicted molar refractivity (Wildman–Crippen MR) is 119 cm³/mol. The standard InChI is InChI=1S/C22H34N6O5/c1-3-13(2)18(21(31)28-9-5-7-17(28)22(32)33)27-20(30)16(10-14-11-23-12-25-14)26-19(29)15-6-4-8-24-15/h11-13,15-18,24H,3-10H2,1-2H3,(H,23,25)(H,26,29)(H,27,30)(H,32,33). The topological polar surface area (TPSA) is 157 Å². The lowest BCUT2D eigenvalue weighted by Crippen LogP contribution is -2.59.